The summed E-state index contributed by atoms with van der Waals surface area (Å²) in [6.07, 6.45) is 16.1. The van der Waals surface area contributed by atoms with Crippen LogP contribution in [-0.2, 0) is 0 Å². The van der Waals surface area contributed by atoms with E-state index in [9.17, 15) is 5.11 Å². The highest BCUT2D eigenvalue weighted by Gasteiger charge is 2.65. The van der Waals surface area contributed by atoms with Gasteiger partial charge in [0, 0.05) is 3.42 Å². The SMILES string of the molecule is CC.CC.CC1CCC2(C)CCC3C(=CCC4C3(C)CCC3C(C)C(O)CCC34C)C2(I)C1. The minimum Gasteiger partial charge on any atom is -0.393 e. The van der Waals surface area contributed by atoms with Gasteiger partial charge in [-0.1, -0.05) is 103 Å². The first-order chi connectivity index (χ1) is 15.6. The Balaban J connectivity index is 0.000000728. The molecule has 1 nitrogen and oxygen atoms in total. The summed E-state index contributed by atoms with van der Waals surface area (Å²) < 4.78 is 0.396. The van der Waals surface area contributed by atoms with E-state index in [0.29, 0.717) is 25.6 Å². The topological polar surface area (TPSA) is 20.2 Å². The zero-order chi connectivity index (χ0) is 24.8. The fourth-order valence-electron chi connectivity index (χ4n) is 9.66. The Bertz CT molecular complexity index is 716. The third-order valence-electron chi connectivity index (χ3n) is 11.6. The van der Waals surface area contributed by atoms with Crippen LogP contribution in [0, 0.1) is 45.8 Å². The van der Waals surface area contributed by atoms with Crippen molar-refractivity contribution >= 4 is 22.6 Å². The second kappa shape index (κ2) is 10.1. The summed E-state index contributed by atoms with van der Waals surface area (Å²) in [7, 11) is 0. The summed E-state index contributed by atoms with van der Waals surface area (Å²) in [5.41, 5.74) is 3.28. The number of hydrogen-bond acceptors (Lipinski definition) is 1. The molecule has 10 atom stereocenters. The molecule has 192 valence electrons. The number of aliphatic hydroxyl groups is 1. The molecule has 0 saturated heterocycles. The first-order valence-corrected chi connectivity index (χ1v) is 15.7. The third-order valence-corrected chi connectivity index (χ3v) is 14.0. The summed E-state index contributed by atoms with van der Waals surface area (Å²) in [5.74, 6) is 3.68. The largest absolute Gasteiger partial charge is 0.393 e. The molecule has 0 aromatic carbocycles. The number of rotatable bonds is 0. The second-order valence-electron chi connectivity index (χ2n) is 12.9. The number of fused-ring (bicyclic) bond motifs is 7. The van der Waals surface area contributed by atoms with E-state index in [4.69, 9.17) is 0 Å². The molecule has 0 amide bonds. The van der Waals surface area contributed by atoms with Crippen molar-refractivity contribution in [2.75, 3.05) is 0 Å². The molecular formula is C31H55IO. The fraction of sp³-hybridized carbons (Fsp3) is 0.935. The lowest BCUT2D eigenvalue weighted by Crippen LogP contribution is -2.61. The molecule has 0 spiro atoms. The predicted molar refractivity (Wildman–Crippen MR) is 153 cm³/mol. The van der Waals surface area contributed by atoms with Crippen molar-refractivity contribution in [3.05, 3.63) is 11.6 Å². The molecule has 0 aromatic heterocycles. The Morgan fingerprint density at radius 3 is 2.12 bits per heavy atom. The number of aliphatic hydroxyl groups excluding tert-OH is 1. The van der Waals surface area contributed by atoms with Crippen molar-refractivity contribution in [1.29, 1.82) is 0 Å². The summed E-state index contributed by atoms with van der Waals surface area (Å²) in [5, 5.41) is 10.6. The van der Waals surface area contributed by atoms with Crippen molar-refractivity contribution in [1.82, 2.24) is 0 Å². The van der Waals surface area contributed by atoms with Gasteiger partial charge in [0.15, 0.2) is 0 Å². The van der Waals surface area contributed by atoms with Gasteiger partial charge in [-0.15, -0.1) is 0 Å². The number of hydrogen-bond donors (Lipinski definition) is 1. The minimum atomic E-state index is -0.0659. The van der Waals surface area contributed by atoms with Crippen molar-refractivity contribution in [2.24, 2.45) is 45.8 Å². The highest BCUT2D eigenvalue weighted by molar-refractivity contribution is 14.1. The Hall–Kier alpha value is 0.430. The second-order valence-corrected chi connectivity index (χ2v) is 14.7. The molecular weight excluding hydrogens is 515 g/mol. The molecule has 0 aliphatic heterocycles. The van der Waals surface area contributed by atoms with E-state index in [1.807, 2.05) is 33.3 Å². The number of alkyl halides is 1. The summed E-state index contributed by atoms with van der Waals surface area (Å²) in [6, 6.07) is 0. The highest BCUT2D eigenvalue weighted by Crippen LogP contribution is 2.72. The molecule has 1 N–H and O–H groups in total. The van der Waals surface area contributed by atoms with Gasteiger partial charge >= 0.3 is 0 Å². The smallest absolute Gasteiger partial charge is 0.0568 e. The highest BCUT2D eigenvalue weighted by atomic mass is 127. The number of halogens is 1. The molecule has 10 unspecified atom stereocenters. The van der Waals surface area contributed by atoms with E-state index in [-0.39, 0.29) is 6.10 Å². The van der Waals surface area contributed by atoms with Crippen molar-refractivity contribution in [2.45, 2.75) is 136 Å². The first-order valence-electron chi connectivity index (χ1n) is 14.6. The molecule has 2 heteroatoms. The van der Waals surface area contributed by atoms with Gasteiger partial charge < -0.3 is 5.11 Å². The Labute approximate surface area is 220 Å². The molecule has 4 fully saturated rings. The fourth-order valence-corrected chi connectivity index (χ4v) is 11.5. The minimum absolute atomic E-state index is 0.0659. The standard InChI is InChI=1S/C27H43IO.2C2H6/c1-17-8-12-24(3)13-9-20-21(27(24,28)16-17)6-7-23-25(4)15-11-22(29)18(2)19(25)10-14-26(20,23)5;2*1-2/h6,17-20,22-23,29H,7-16H2,1-5H3;2*1-2H3. The average molecular weight is 571 g/mol. The van der Waals surface area contributed by atoms with Crippen LogP contribution in [0.5, 0.6) is 0 Å². The van der Waals surface area contributed by atoms with E-state index in [0.717, 1.165) is 30.1 Å². The van der Waals surface area contributed by atoms with Crippen LogP contribution in [0.3, 0.4) is 0 Å². The molecule has 5 rings (SSSR count). The molecule has 4 saturated carbocycles. The van der Waals surface area contributed by atoms with Crippen LogP contribution in [0.25, 0.3) is 0 Å². The third kappa shape index (κ3) is 4.11. The van der Waals surface area contributed by atoms with Gasteiger partial charge in [0.1, 0.15) is 0 Å². The van der Waals surface area contributed by atoms with Gasteiger partial charge in [-0.2, -0.15) is 0 Å². The summed E-state index contributed by atoms with van der Waals surface area (Å²) >= 11 is 2.95. The van der Waals surface area contributed by atoms with Crippen LogP contribution in [0.1, 0.15) is 127 Å². The maximum Gasteiger partial charge on any atom is 0.0568 e. The van der Waals surface area contributed by atoms with Crippen LogP contribution in [0.15, 0.2) is 11.6 Å². The maximum atomic E-state index is 10.6. The molecule has 0 heterocycles. The molecule has 0 aromatic rings. The van der Waals surface area contributed by atoms with Gasteiger partial charge in [-0.25, -0.2) is 0 Å². The van der Waals surface area contributed by atoms with Crippen LogP contribution in [-0.4, -0.2) is 14.6 Å². The number of allylic oxidation sites excluding steroid dienone is 2. The summed E-state index contributed by atoms with van der Waals surface area (Å²) in [6.45, 7) is 20.8. The summed E-state index contributed by atoms with van der Waals surface area (Å²) in [4.78, 5) is 0. The Morgan fingerprint density at radius 1 is 0.848 bits per heavy atom. The van der Waals surface area contributed by atoms with Crippen molar-refractivity contribution in [3.8, 4) is 0 Å². The quantitative estimate of drug-likeness (QED) is 0.175. The van der Waals surface area contributed by atoms with Gasteiger partial charge in [-0.3, -0.25) is 0 Å². The lowest BCUT2D eigenvalue weighted by Gasteiger charge is -2.68. The molecule has 33 heavy (non-hydrogen) atoms. The van der Waals surface area contributed by atoms with Gasteiger partial charge in [-0.05, 0) is 104 Å². The van der Waals surface area contributed by atoms with E-state index in [1.54, 1.807) is 0 Å². The Kier molecular flexibility index (Phi) is 8.54. The van der Waals surface area contributed by atoms with Crippen LogP contribution >= 0.6 is 22.6 Å². The molecule has 0 bridgehead atoms. The first kappa shape index (κ1) is 28.0. The van der Waals surface area contributed by atoms with Crippen LogP contribution in [0.4, 0.5) is 0 Å². The van der Waals surface area contributed by atoms with Crippen LogP contribution in [0.2, 0.25) is 0 Å². The zero-order valence-corrected chi connectivity index (χ0v) is 25.6. The lowest BCUT2D eigenvalue weighted by atomic mass is 9.39. The van der Waals surface area contributed by atoms with E-state index in [2.05, 4.69) is 63.3 Å². The normalized spacial score (nSPS) is 52.8. The van der Waals surface area contributed by atoms with Gasteiger partial charge in [0.05, 0.1) is 6.10 Å². The maximum absolute atomic E-state index is 10.6. The molecule has 5 aliphatic rings. The monoisotopic (exact) mass is 570 g/mol. The van der Waals surface area contributed by atoms with Gasteiger partial charge in [0.2, 0.25) is 0 Å². The lowest BCUT2D eigenvalue weighted by molar-refractivity contribution is -0.153. The van der Waals surface area contributed by atoms with Crippen molar-refractivity contribution < 1.29 is 5.11 Å². The van der Waals surface area contributed by atoms with Crippen molar-refractivity contribution in [3.63, 3.8) is 0 Å². The van der Waals surface area contributed by atoms with E-state index >= 15 is 0 Å². The molecule has 0 radical (unpaired) electrons. The Morgan fingerprint density at radius 2 is 1.45 bits per heavy atom. The van der Waals surface area contributed by atoms with E-state index in [1.165, 1.54) is 57.8 Å². The zero-order valence-electron chi connectivity index (χ0n) is 23.4. The van der Waals surface area contributed by atoms with E-state index < -0.39 is 0 Å². The average Bonchev–Trinajstić information content (AvgIpc) is 2.80. The van der Waals surface area contributed by atoms with Crippen LogP contribution < -0.4 is 0 Å². The van der Waals surface area contributed by atoms with Gasteiger partial charge in [0.25, 0.3) is 0 Å². The predicted octanol–water partition coefficient (Wildman–Crippen LogP) is 9.61. The molecule has 5 aliphatic carbocycles.